The third-order valence-electron chi connectivity index (χ3n) is 4.19. The van der Waals surface area contributed by atoms with Crippen molar-refractivity contribution in [1.29, 1.82) is 5.26 Å². The van der Waals surface area contributed by atoms with Crippen molar-refractivity contribution in [3.8, 4) is 6.07 Å². The van der Waals surface area contributed by atoms with E-state index in [4.69, 9.17) is 5.26 Å². The number of carbonyl (C=O) groups excluding carboxylic acids is 1. The van der Waals surface area contributed by atoms with Crippen molar-refractivity contribution in [2.45, 2.75) is 44.6 Å². The van der Waals surface area contributed by atoms with Gasteiger partial charge in [0.2, 0.25) is 5.91 Å². The number of hydrogen-bond acceptors (Lipinski definition) is 3. The van der Waals surface area contributed by atoms with Crippen molar-refractivity contribution >= 4 is 11.6 Å². The van der Waals surface area contributed by atoms with Crippen LogP contribution < -0.4 is 5.32 Å². The Balaban J connectivity index is 1.74. The summed E-state index contributed by atoms with van der Waals surface area (Å²) in [6.45, 7) is 0.798. The summed E-state index contributed by atoms with van der Waals surface area (Å²) >= 11 is 0. The van der Waals surface area contributed by atoms with Gasteiger partial charge in [-0.25, -0.2) is 0 Å². The zero-order valence-corrected chi connectivity index (χ0v) is 12.6. The lowest BCUT2D eigenvalue weighted by Gasteiger charge is -2.30. The molecule has 1 saturated carbocycles. The number of amides is 1. The van der Waals surface area contributed by atoms with Crippen LogP contribution in [0.25, 0.3) is 0 Å². The predicted octanol–water partition coefficient (Wildman–Crippen LogP) is 3.15. The fourth-order valence-electron chi connectivity index (χ4n) is 2.83. The molecule has 1 fully saturated rings. The van der Waals surface area contributed by atoms with Crippen LogP contribution in [0, 0.1) is 11.3 Å². The van der Waals surface area contributed by atoms with E-state index in [9.17, 15) is 4.79 Å². The molecule has 0 saturated heterocycles. The molecule has 0 spiro atoms. The quantitative estimate of drug-likeness (QED) is 0.904. The smallest absolute Gasteiger partial charge is 0.225 e. The number of nitriles is 1. The van der Waals surface area contributed by atoms with Crippen molar-refractivity contribution in [3.63, 3.8) is 0 Å². The average Bonchev–Trinajstić information content (AvgIpc) is 2.54. The van der Waals surface area contributed by atoms with Gasteiger partial charge in [0.25, 0.3) is 0 Å². The van der Waals surface area contributed by atoms with Gasteiger partial charge < -0.3 is 10.2 Å². The lowest BCUT2D eigenvalue weighted by molar-refractivity contribution is -0.116. The summed E-state index contributed by atoms with van der Waals surface area (Å²) < 4.78 is 0. The highest BCUT2D eigenvalue weighted by molar-refractivity contribution is 5.90. The molecule has 1 N–H and O–H groups in total. The van der Waals surface area contributed by atoms with Gasteiger partial charge in [-0.1, -0.05) is 19.3 Å². The topological polar surface area (TPSA) is 56.1 Å². The van der Waals surface area contributed by atoms with Crippen LogP contribution in [0.5, 0.6) is 0 Å². The number of nitrogens with zero attached hydrogens (tertiary/aromatic N) is 2. The summed E-state index contributed by atoms with van der Waals surface area (Å²) in [5.41, 5.74) is 1.35. The molecule has 21 heavy (non-hydrogen) atoms. The first-order valence-electron chi connectivity index (χ1n) is 7.69. The first-order chi connectivity index (χ1) is 10.2. The lowest BCUT2D eigenvalue weighted by atomic mass is 9.94. The summed E-state index contributed by atoms with van der Waals surface area (Å²) in [5.74, 6) is 0.0300. The zero-order chi connectivity index (χ0) is 15.1. The van der Waals surface area contributed by atoms with Crippen molar-refractivity contribution in [2.75, 3.05) is 18.9 Å². The molecule has 1 aromatic rings. The van der Waals surface area contributed by atoms with Crippen LogP contribution in [0.1, 0.15) is 44.1 Å². The maximum atomic E-state index is 12.0. The molecule has 0 atom stereocenters. The molecule has 4 nitrogen and oxygen atoms in total. The van der Waals surface area contributed by atoms with Gasteiger partial charge in [0.1, 0.15) is 0 Å². The summed E-state index contributed by atoms with van der Waals surface area (Å²) in [5, 5.41) is 11.6. The predicted molar refractivity (Wildman–Crippen MR) is 83.9 cm³/mol. The minimum absolute atomic E-state index is 0.0300. The highest BCUT2D eigenvalue weighted by Crippen LogP contribution is 2.21. The van der Waals surface area contributed by atoms with Crippen LogP contribution >= 0.6 is 0 Å². The maximum absolute atomic E-state index is 12.0. The molecule has 1 aliphatic carbocycles. The average molecular weight is 285 g/mol. The van der Waals surface area contributed by atoms with Gasteiger partial charge in [-0.15, -0.1) is 0 Å². The third-order valence-corrected chi connectivity index (χ3v) is 4.19. The zero-order valence-electron chi connectivity index (χ0n) is 12.6. The highest BCUT2D eigenvalue weighted by atomic mass is 16.1. The van der Waals surface area contributed by atoms with Crippen LogP contribution in [0.2, 0.25) is 0 Å². The van der Waals surface area contributed by atoms with Gasteiger partial charge in [-0.2, -0.15) is 5.26 Å². The van der Waals surface area contributed by atoms with Gasteiger partial charge in [0.05, 0.1) is 11.6 Å². The van der Waals surface area contributed by atoms with Crippen molar-refractivity contribution in [3.05, 3.63) is 29.8 Å². The fourth-order valence-corrected chi connectivity index (χ4v) is 2.83. The number of hydrogen-bond donors (Lipinski definition) is 1. The van der Waals surface area contributed by atoms with Crippen molar-refractivity contribution < 1.29 is 4.79 Å². The van der Waals surface area contributed by atoms with E-state index in [2.05, 4.69) is 23.3 Å². The highest BCUT2D eigenvalue weighted by Gasteiger charge is 2.18. The van der Waals surface area contributed by atoms with Crippen LogP contribution in [0.3, 0.4) is 0 Å². The molecule has 0 aliphatic heterocycles. The Bertz CT molecular complexity index is 498. The Kier molecular flexibility index (Phi) is 5.77. The van der Waals surface area contributed by atoms with Gasteiger partial charge in [0, 0.05) is 24.7 Å². The molecule has 0 heterocycles. The van der Waals surface area contributed by atoms with E-state index < -0.39 is 0 Å². The Labute approximate surface area is 126 Å². The van der Waals surface area contributed by atoms with E-state index in [1.165, 1.54) is 32.1 Å². The Hall–Kier alpha value is -1.86. The van der Waals surface area contributed by atoms with Crippen LogP contribution in [0.4, 0.5) is 5.69 Å². The SMILES string of the molecule is CN(CCC(=O)Nc1ccc(C#N)cc1)C1CCCCC1. The number of anilines is 1. The van der Waals surface area contributed by atoms with Crippen LogP contribution in [-0.4, -0.2) is 30.4 Å². The molecule has 0 bridgehead atoms. The molecule has 1 aromatic carbocycles. The van der Waals surface area contributed by atoms with Gasteiger partial charge in [-0.3, -0.25) is 4.79 Å². The molecule has 112 valence electrons. The Morgan fingerprint density at radius 3 is 2.57 bits per heavy atom. The molecule has 1 amide bonds. The van der Waals surface area contributed by atoms with E-state index >= 15 is 0 Å². The number of benzene rings is 1. The molecule has 2 rings (SSSR count). The molecule has 0 aromatic heterocycles. The second kappa shape index (κ2) is 7.80. The van der Waals surface area contributed by atoms with Gasteiger partial charge in [0.15, 0.2) is 0 Å². The molecule has 0 radical (unpaired) electrons. The third kappa shape index (κ3) is 4.87. The summed E-state index contributed by atoms with van der Waals surface area (Å²) in [6, 6.07) is 9.66. The van der Waals surface area contributed by atoms with Gasteiger partial charge in [-0.05, 0) is 44.2 Å². The normalized spacial score (nSPS) is 15.7. The van der Waals surface area contributed by atoms with Gasteiger partial charge >= 0.3 is 0 Å². The van der Waals surface area contributed by atoms with Crippen LogP contribution in [-0.2, 0) is 4.79 Å². The van der Waals surface area contributed by atoms with E-state index in [-0.39, 0.29) is 5.91 Å². The van der Waals surface area contributed by atoms with E-state index in [0.29, 0.717) is 18.0 Å². The molecular weight excluding hydrogens is 262 g/mol. The first-order valence-corrected chi connectivity index (χ1v) is 7.69. The van der Waals surface area contributed by atoms with E-state index in [1.807, 2.05) is 0 Å². The summed E-state index contributed by atoms with van der Waals surface area (Å²) in [6.07, 6.45) is 7.00. The monoisotopic (exact) mass is 285 g/mol. The standard InChI is InChI=1S/C17H23N3O/c1-20(16-5-3-2-4-6-16)12-11-17(21)19-15-9-7-14(13-18)8-10-15/h7-10,16H,2-6,11-12H2,1H3,(H,19,21). The Morgan fingerprint density at radius 2 is 1.95 bits per heavy atom. The minimum atomic E-state index is 0.0300. The molecule has 4 heteroatoms. The number of carbonyl (C=O) groups is 1. The van der Waals surface area contributed by atoms with Crippen molar-refractivity contribution in [2.24, 2.45) is 0 Å². The Morgan fingerprint density at radius 1 is 1.29 bits per heavy atom. The van der Waals surface area contributed by atoms with E-state index in [1.54, 1.807) is 24.3 Å². The molecule has 0 unspecified atom stereocenters. The minimum Gasteiger partial charge on any atom is -0.326 e. The summed E-state index contributed by atoms with van der Waals surface area (Å²) in [7, 11) is 2.12. The largest absolute Gasteiger partial charge is 0.326 e. The van der Waals surface area contributed by atoms with E-state index in [0.717, 1.165) is 12.2 Å². The van der Waals surface area contributed by atoms with Crippen LogP contribution in [0.15, 0.2) is 24.3 Å². The fraction of sp³-hybridized carbons (Fsp3) is 0.529. The number of rotatable bonds is 5. The second-order valence-corrected chi connectivity index (χ2v) is 5.76. The summed E-state index contributed by atoms with van der Waals surface area (Å²) in [4.78, 5) is 14.3. The molecule has 1 aliphatic rings. The lowest BCUT2D eigenvalue weighted by Crippen LogP contribution is -2.35. The molecular formula is C17H23N3O. The first kappa shape index (κ1) is 15.5. The maximum Gasteiger partial charge on any atom is 0.225 e. The number of nitrogens with one attached hydrogen (secondary N) is 1. The second-order valence-electron chi connectivity index (χ2n) is 5.76. The van der Waals surface area contributed by atoms with Crippen molar-refractivity contribution in [1.82, 2.24) is 4.90 Å².